The minimum atomic E-state index is -0.0874. The van der Waals surface area contributed by atoms with E-state index in [2.05, 4.69) is 71.0 Å². The number of nitrogens with zero attached hydrogens (tertiary/aromatic N) is 3. The molecule has 1 heterocycles. The topological polar surface area (TPSA) is 59.8 Å². The maximum absolute atomic E-state index is 12.6. The summed E-state index contributed by atoms with van der Waals surface area (Å²) in [5.74, 6) is 0.888. The summed E-state index contributed by atoms with van der Waals surface area (Å²) in [5.41, 5.74) is 3.92. The van der Waals surface area contributed by atoms with Crippen LogP contribution >= 0.6 is 11.8 Å². The molecule has 0 radical (unpaired) electrons. The third-order valence-corrected chi connectivity index (χ3v) is 6.27. The van der Waals surface area contributed by atoms with E-state index in [1.807, 2.05) is 53.1 Å². The van der Waals surface area contributed by atoms with Crippen molar-refractivity contribution in [1.82, 2.24) is 14.8 Å². The van der Waals surface area contributed by atoms with Gasteiger partial charge >= 0.3 is 0 Å². The van der Waals surface area contributed by atoms with Gasteiger partial charge in [-0.05, 0) is 30.5 Å². The molecule has 162 valence electrons. The number of carbonyl (C=O) groups is 1. The second-order valence-corrected chi connectivity index (χ2v) is 8.65. The molecule has 0 unspecified atom stereocenters. The molecule has 5 rings (SSSR count). The minimum absolute atomic E-state index is 0.0874. The summed E-state index contributed by atoms with van der Waals surface area (Å²) in [6.07, 6.45) is 0. The van der Waals surface area contributed by atoms with E-state index in [-0.39, 0.29) is 11.7 Å². The van der Waals surface area contributed by atoms with Crippen molar-refractivity contribution in [3.05, 3.63) is 103 Å². The summed E-state index contributed by atoms with van der Waals surface area (Å²) in [5, 5.41) is 14.8. The Bertz CT molecular complexity index is 1410. The number of aryl methyl sites for hydroxylation is 1. The molecule has 0 bridgehead atoms. The van der Waals surface area contributed by atoms with Crippen LogP contribution in [0.2, 0.25) is 0 Å². The van der Waals surface area contributed by atoms with Crippen LogP contribution in [0.4, 0.5) is 5.69 Å². The molecule has 0 aliphatic carbocycles. The lowest BCUT2D eigenvalue weighted by atomic mass is 10.1. The van der Waals surface area contributed by atoms with Crippen LogP contribution in [0.3, 0.4) is 0 Å². The number of nitrogens with one attached hydrogen (secondary N) is 1. The number of rotatable bonds is 6. The van der Waals surface area contributed by atoms with Gasteiger partial charge in [0, 0.05) is 16.6 Å². The first kappa shape index (κ1) is 21.0. The van der Waals surface area contributed by atoms with Crippen LogP contribution in [0.5, 0.6) is 0 Å². The van der Waals surface area contributed by atoms with Gasteiger partial charge in [0.05, 0.1) is 11.4 Å². The Kier molecular flexibility index (Phi) is 5.91. The Hall–Kier alpha value is -3.90. The Morgan fingerprint density at radius 3 is 2.39 bits per heavy atom. The lowest BCUT2D eigenvalue weighted by Crippen LogP contribution is -2.14. The van der Waals surface area contributed by atoms with Crippen LogP contribution in [-0.2, 0) is 4.79 Å². The highest BCUT2D eigenvalue weighted by molar-refractivity contribution is 7.99. The Morgan fingerprint density at radius 2 is 1.58 bits per heavy atom. The molecule has 5 nitrogen and oxygen atoms in total. The van der Waals surface area contributed by atoms with E-state index in [0.29, 0.717) is 5.16 Å². The Morgan fingerprint density at radius 1 is 0.848 bits per heavy atom. The van der Waals surface area contributed by atoms with Crippen molar-refractivity contribution in [1.29, 1.82) is 0 Å². The fourth-order valence-electron chi connectivity index (χ4n) is 3.72. The number of fused-ring (bicyclic) bond motifs is 1. The number of hydrogen-bond donors (Lipinski definition) is 1. The monoisotopic (exact) mass is 450 g/mol. The van der Waals surface area contributed by atoms with Crippen molar-refractivity contribution in [3.63, 3.8) is 0 Å². The van der Waals surface area contributed by atoms with E-state index < -0.39 is 0 Å². The largest absolute Gasteiger partial charge is 0.325 e. The van der Waals surface area contributed by atoms with E-state index in [9.17, 15) is 4.79 Å². The van der Waals surface area contributed by atoms with Crippen LogP contribution in [-0.4, -0.2) is 26.4 Å². The van der Waals surface area contributed by atoms with Gasteiger partial charge < -0.3 is 5.32 Å². The first-order valence-corrected chi connectivity index (χ1v) is 11.7. The van der Waals surface area contributed by atoms with Gasteiger partial charge in [-0.3, -0.25) is 9.36 Å². The zero-order valence-corrected chi connectivity index (χ0v) is 18.9. The SMILES string of the molecule is Cc1ccc(-c2nnc(SCC(=O)Nc3ccccc3)n2-c2cccc3ccccc23)cc1. The standard InChI is InChI=1S/C27H22N4OS/c1-19-14-16-21(17-15-19)26-29-30-27(33-18-25(32)28-22-10-3-2-4-11-22)31(26)24-13-7-9-20-8-5-6-12-23(20)24/h2-17H,18H2,1H3,(H,28,32). The molecule has 33 heavy (non-hydrogen) atoms. The number of hydrogen-bond acceptors (Lipinski definition) is 4. The lowest BCUT2D eigenvalue weighted by molar-refractivity contribution is -0.113. The van der Waals surface area contributed by atoms with Crippen molar-refractivity contribution in [3.8, 4) is 17.1 Å². The summed E-state index contributed by atoms with van der Waals surface area (Å²) in [6, 6.07) is 32.1. The van der Waals surface area contributed by atoms with Gasteiger partial charge in [-0.1, -0.05) is 96.2 Å². The van der Waals surface area contributed by atoms with Gasteiger partial charge in [-0.25, -0.2) is 0 Å². The zero-order valence-electron chi connectivity index (χ0n) is 18.1. The summed E-state index contributed by atoms with van der Waals surface area (Å²) in [7, 11) is 0. The average molecular weight is 451 g/mol. The first-order valence-electron chi connectivity index (χ1n) is 10.7. The lowest BCUT2D eigenvalue weighted by Gasteiger charge is -2.13. The number of carbonyl (C=O) groups excluding carboxylic acids is 1. The molecular weight excluding hydrogens is 428 g/mol. The van der Waals surface area contributed by atoms with Crippen LogP contribution in [0.1, 0.15) is 5.56 Å². The molecule has 0 aliphatic heterocycles. The molecule has 4 aromatic carbocycles. The molecule has 1 amide bonds. The van der Waals surface area contributed by atoms with E-state index in [0.717, 1.165) is 33.5 Å². The molecule has 6 heteroatoms. The van der Waals surface area contributed by atoms with E-state index >= 15 is 0 Å². The molecule has 0 saturated carbocycles. The Balaban J connectivity index is 1.53. The molecule has 0 fully saturated rings. The predicted molar refractivity (Wildman–Crippen MR) is 135 cm³/mol. The molecular formula is C27H22N4OS. The van der Waals surface area contributed by atoms with Crippen LogP contribution in [0, 0.1) is 6.92 Å². The highest BCUT2D eigenvalue weighted by Crippen LogP contribution is 2.32. The Labute approximate surface area is 196 Å². The molecule has 5 aromatic rings. The molecule has 0 spiro atoms. The van der Waals surface area contributed by atoms with Gasteiger partial charge in [-0.15, -0.1) is 10.2 Å². The number of para-hydroxylation sites is 1. The maximum atomic E-state index is 12.6. The third-order valence-electron chi connectivity index (χ3n) is 5.34. The number of benzene rings is 4. The van der Waals surface area contributed by atoms with E-state index in [4.69, 9.17) is 0 Å². The average Bonchev–Trinajstić information content (AvgIpc) is 3.27. The second kappa shape index (κ2) is 9.30. The smallest absolute Gasteiger partial charge is 0.234 e. The maximum Gasteiger partial charge on any atom is 0.234 e. The highest BCUT2D eigenvalue weighted by atomic mass is 32.2. The van der Waals surface area contributed by atoms with Crippen LogP contribution < -0.4 is 5.32 Å². The molecule has 0 saturated heterocycles. The van der Waals surface area contributed by atoms with E-state index in [1.54, 1.807) is 0 Å². The predicted octanol–water partition coefficient (Wildman–Crippen LogP) is 6.13. The van der Waals surface area contributed by atoms with E-state index in [1.165, 1.54) is 17.3 Å². The number of aromatic nitrogens is 3. The van der Waals surface area contributed by atoms with Gasteiger partial charge in [-0.2, -0.15) is 0 Å². The number of amides is 1. The van der Waals surface area contributed by atoms with Crippen molar-refractivity contribution in [2.75, 3.05) is 11.1 Å². The fraction of sp³-hybridized carbons (Fsp3) is 0.0741. The van der Waals surface area contributed by atoms with Gasteiger partial charge in [0.1, 0.15) is 0 Å². The van der Waals surface area contributed by atoms with Crippen LogP contribution in [0.25, 0.3) is 27.8 Å². The summed E-state index contributed by atoms with van der Waals surface area (Å²) in [6.45, 7) is 2.06. The number of anilines is 1. The third kappa shape index (κ3) is 4.52. The highest BCUT2D eigenvalue weighted by Gasteiger charge is 2.19. The van der Waals surface area contributed by atoms with Gasteiger partial charge in [0.15, 0.2) is 11.0 Å². The normalized spacial score (nSPS) is 10.9. The van der Waals surface area contributed by atoms with Crippen molar-refractivity contribution >= 4 is 34.1 Å². The summed E-state index contributed by atoms with van der Waals surface area (Å²) >= 11 is 1.37. The molecule has 1 N–H and O–H groups in total. The minimum Gasteiger partial charge on any atom is -0.325 e. The summed E-state index contributed by atoms with van der Waals surface area (Å²) in [4.78, 5) is 12.6. The number of thioether (sulfide) groups is 1. The van der Waals surface area contributed by atoms with Crippen molar-refractivity contribution in [2.45, 2.75) is 12.1 Å². The van der Waals surface area contributed by atoms with Crippen molar-refractivity contribution in [2.24, 2.45) is 0 Å². The summed E-state index contributed by atoms with van der Waals surface area (Å²) < 4.78 is 2.05. The van der Waals surface area contributed by atoms with Gasteiger partial charge in [0.25, 0.3) is 0 Å². The quantitative estimate of drug-likeness (QED) is 0.316. The fourth-order valence-corrected chi connectivity index (χ4v) is 4.47. The molecule has 0 atom stereocenters. The van der Waals surface area contributed by atoms with Gasteiger partial charge in [0.2, 0.25) is 5.91 Å². The first-order chi connectivity index (χ1) is 16.2. The molecule has 0 aliphatic rings. The second-order valence-electron chi connectivity index (χ2n) is 7.71. The molecule has 1 aromatic heterocycles. The zero-order chi connectivity index (χ0) is 22.6. The van der Waals surface area contributed by atoms with Crippen LogP contribution in [0.15, 0.2) is 102 Å². The van der Waals surface area contributed by atoms with Crippen molar-refractivity contribution < 1.29 is 4.79 Å².